The van der Waals surface area contributed by atoms with Crippen LogP contribution >= 0.6 is 0 Å². The van der Waals surface area contributed by atoms with E-state index in [4.69, 9.17) is 10.4 Å². The standard InChI is InChI=1S/C9H6F2N2O3/c1-16-6-2-4(9(14)15)5(3-12)13-7(6)8(10)11/h2,8H,1H3,(H,14,15). The highest BCUT2D eigenvalue weighted by atomic mass is 19.3. The second-order valence-corrected chi connectivity index (χ2v) is 2.69. The largest absolute Gasteiger partial charge is 0.495 e. The molecule has 0 saturated heterocycles. The first kappa shape index (κ1) is 11.8. The molecule has 0 atom stereocenters. The van der Waals surface area contributed by atoms with Crippen molar-refractivity contribution in [2.24, 2.45) is 0 Å². The summed E-state index contributed by atoms with van der Waals surface area (Å²) in [5.74, 6) is -1.78. The van der Waals surface area contributed by atoms with Crippen LogP contribution in [-0.4, -0.2) is 23.2 Å². The van der Waals surface area contributed by atoms with Crippen molar-refractivity contribution in [2.45, 2.75) is 6.43 Å². The van der Waals surface area contributed by atoms with Gasteiger partial charge in [0.2, 0.25) is 0 Å². The van der Waals surface area contributed by atoms with Gasteiger partial charge < -0.3 is 9.84 Å². The van der Waals surface area contributed by atoms with Crippen LogP contribution in [-0.2, 0) is 0 Å². The van der Waals surface area contributed by atoms with Gasteiger partial charge in [-0.05, 0) is 6.07 Å². The van der Waals surface area contributed by atoms with Crippen molar-refractivity contribution in [1.82, 2.24) is 4.98 Å². The van der Waals surface area contributed by atoms with Gasteiger partial charge in [-0.2, -0.15) is 5.26 Å². The van der Waals surface area contributed by atoms with Gasteiger partial charge in [0, 0.05) is 0 Å². The molecule has 84 valence electrons. The lowest BCUT2D eigenvalue weighted by Gasteiger charge is -2.08. The number of ether oxygens (including phenoxy) is 1. The SMILES string of the molecule is COc1cc(C(=O)O)c(C#N)nc1C(F)F. The molecule has 0 aliphatic rings. The second-order valence-electron chi connectivity index (χ2n) is 2.69. The Bertz CT molecular complexity index is 469. The molecule has 1 heterocycles. The molecule has 0 unspecified atom stereocenters. The zero-order valence-corrected chi connectivity index (χ0v) is 8.07. The highest BCUT2D eigenvalue weighted by Gasteiger charge is 2.22. The number of carboxylic acid groups (broad SMARTS) is 1. The zero-order valence-electron chi connectivity index (χ0n) is 8.07. The number of carboxylic acids is 1. The van der Waals surface area contributed by atoms with Gasteiger partial charge in [-0.1, -0.05) is 0 Å². The molecule has 1 aromatic heterocycles. The fraction of sp³-hybridized carbons (Fsp3) is 0.222. The van der Waals surface area contributed by atoms with E-state index in [0.29, 0.717) is 0 Å². The first-order valence-electron chi connectivity index (χ1n) is 4.01. The average molecular weight is 228 g/mol. The molecule has 0 fully saturated rings. The predicted molar refractivity (Wildman–Crippen MR) is 47.4 cm³/mol. The van der Waals surface area contributed by atoms with Crippen molar-refractivity contribution in [1.29, 1.82) is 5.26 Å². The Balaban J connectivity index is 3.48. The summed E-state index contributed by atoms with van der Waals surface area (Å²) in [5.41, 5.74) is -1.78. The van der Waals surface area contributed by atoms with Crippen LogP contribution in [0.25, 0.3) is 0 Å². The monoisotopic (exact) mass is 228 g/mol. The van der Waals surface area contributed by atoms with Gasteiger partial charge in [-0.3, -0.25) is 0 Å². The summed E-state index contributed by atoms with van der Waals surface area (Å²) in [6.45, 7) is 0. The number of hydrogen-bond acceptors (Lipinski definition) is 4. The number of rotatable bonds is 3. The maximum Gasteiger partial charge on any atom is 0.338 e. The molecule has 16 heavy (non-hydrogen) atoms. The molecule has 1 aromatic rings. The molecule has 0 bridgehead atoms. The molecule has 0 spiro atoms. The minimum absolute atomic E-state index is 0.355. The van der Waals surface area contributed by atoms with Crippen LogP contribution in [0.1, 0.15) is 28.2 Å². The molecular formula is C9H6F2N2O3. The van der Waals surface area contributed by atoms with E-state index in [2.05, 4.69) is 9.72 Å². The summed E-state index contributed by atoms with van der Waals surface area (Å²) in [5, 5.41) is 17.3. The molecule has 1 rings (SSSR count). The van der Waals surface area contributed by atoms with Crippen LogP contribution in [0.5, 0.6) is 5.75 Å². The number of halogens is 2. The van der Waals surface area contributed by atoms with E-state index >= 15 is 0 Å². The van der Waals surface area contributed by atoms with Gasteiger partial charge in [0.15, 0.2) is 5.69 Å². The molecule has 7 heteroatoms. The third kappa shape index (κ3) is 2.06. The number of aromatic carboxylic acids is 1. The lowest BCUT2D eigenvalue weighted by molar-refractivity contribution is 0.0694. The molecular weight excluding hydrogens is 222 g/mol. The molecule has 0 aromatic carbocycles. The van der Waals surface area contributed by atoms with E-state index in [0.717, 1.165) is 13.2 Å². The number of alkyl halides is 2. The number of aromatic nitrogens is 1. The summed E-state index contributed by atoms with van der Waals surface area (Å²) >= 11 is 0. The van der Waals surface area contributed by atoms with E-state index in [1.165, 1.54) is 6.07 Å². The normalized spacial score (nSPS) is 9.94. The molecule has 0 saturated carbocycles. The smallest absolute Gasteiger partial charge is 0.338 e. The van der Waals surface area contributed by atoms with Crippen LogP contribution in [0.15, 0.2) is 6.07 Å². The second kappa shape index (κ2) is 4.53. The summed E-state index contributed by atoms with van der Waals surface area (Å²) < 4.78 is 29.5. The van der Waals surface area contributed by atoms with Crippen molar-refractivity contribution in [3.05, 3.63) is 23.0 Å². The quantitative estimate of drug-likeness (QED) is 0.849. The topological polar surface area (TPSA) is 83.2 Å². The minimum atomic E-state index is -2.94. The first-order chi connectivity index (χ1) is 7.51. The van der Waals surface area contributed by atoms with Gasteiger partial charge in [-0.15, -0.1) is 0 Å². The Morgan fingerprint density at radius 2 is 2.31 bits per heavy atom. The highest BCUT2D eigenvalue weighted by Crippen LogP contribution is 2.28. The Kier molecular flexibility index (Phi) is 3.35. The number of pyridine rings is 1. The van der Waals surface area contributed by atoms with Crippen LogP contribution in [0, 0.1) is 11.3 Å². The van der Waals surface area contributed by atoms with Crippen molar-refractivity contribution in [3.63, 3.8) is 0 Å². The van der Waals surface area contributed by atoms with E-state index in [-0.39, 0.29) is 5.75 Å². The van der Waals surface area contributed by atoms with E-state index in [1.807, 2.05) is 0 Å². The van der Waals surface area contributed by atoms with Gasteiger partial charge in [0.1, 0.15) is 17.5 Å². The fourth-order valence-electron chi connectivity index (χ4n) is 1.08. The molecule has 0 aliphatic heterocycles. The van der Waals surface area contributed by atoms with E-state index in [1.54, 1.807) is 0 Å². The Morgan fingerprint density at radius 1 is 1.69 bits per heavy atom. The Hall–Kier alpha value is -2.23. The van der Waals surface area contributed by atoms with Crippen molar-refractivity contribution >= 4 is 5.97 Å². The van der Waals surface area contributed by atoms with Crippen LogP contribution in [0.3, 0.4) is 0 Å². The molecule has 0 radical (unpaired) electrons. The van der Waals surface area contributed by atoms with Gasteiger partial charge in [-0.25, -0.2) is 18.6 Å². The third-order valence-electron chi connectivity index (χ3n) is 1.78. The van der Waals surface area contributed by atoms with Gasteiger partial charge in [0.25, 0.3) is 6.43 Å². The molecule has 1 N–H and O–H groups in total. The number of nitrogens with zero attached hydrogens (tertiary/aromatic N) is 2. The van der Waals surface area contributed by atoms with Crippen molar-refractivity contribution in [2.75, 3.05) is 7.11 Å². The first-order valence-corrected chi connectivity index (χ1v) is 4.01. The number of nitriles is 1. The number of hydrogen-bond donors (Lipinski definition) is 1. The maximum absolute atomic E-state index is 12.5. The van der Waals surface area contributed by atoms with Crippen LogP contribution < -0.4 is 4.74 Å². The highest BCUT2D eigenvalue weighted by molar-refractivity contribution is 5.90. The van der Waals surface area contributed by atoms with Crippen molar-refractivity contribution in [3.8, 4) is 11.8 Å². The Morgan fingerprint density at radius 3 is 2.69 bits per heavy atom. The van der Waals surface area contributed by atoms with Crippen LogP contribution in [0.4, 0.5) is 8.78 Å². The predicted octanol–water partition coefficient (Wildman–Crippen LogP) is 1.60. The minimum Gasteiger partial charge on any atom is -0.495 e. The lowest BCUT2D eigenvalue weighted by atomic mass is 10.1. The fourth-order valence-corrected chi connectivity index (χ4v) is 1.08. The summed E-state index contributed by atoms with van der Waals surface area (Å²) in [7, 11) is 1.11. The van der Waals surface area contributed by atoms with E-state index in [9.17, 15) is 13.6 Å². The Labute approximate surface area is 88.9 Å². The summed E-state index contributed by atoms with van der Waals surface area (Å²) in [6.07, 6.45) is -2.94. The third-order valence-corrected chi connectivity index (χ3v) is 1.78. The van der Waals surface area contributed by atoms with Gasteiger partial charge in [0.05, 0.1) is 12.7 Å². The summed E-state index contributed by atoms with van der Waals surface area (Å²) in [4.78, 5) is 14.0. The molecule has 0 amide bonds. The average Bonchev–Trinajstić information content (AvgIpc) is 2.26. The molecule has 5 nitrogen and oxygen atoms in total. The zero-order chi connectivity index (χ0) is 12.3. The van der Waals surface area contributed by atoms with Crippen molar-refractivity contribution < 1.29 is 23.4 Å². The van der Waals surface area contributed by atoms with Gasteiger partial charge >= 0.3 is 5.97 Å². The van der Waals surface area contributed by atoms with E-state index < -0.39 is 29.3 Å². The number of carbonyl (C=O) groups is 1. The van der Waals surface area contributed by atoms with Crippen LogP contribution in [0.2, 0.25) is 0 Å². The molecule has 0 aliphatic carbocycles. The number of methoxy groups -OCH3 is 1. The summed E-state index contributed by atoms with van der Waals surface area (Å²) in [6, 6.07) is 2.30. The lowest BCUT2D eigenvalue weighted by Crippen LogP contribution is -2.07. The maximum atomic E-state index is 12.5.